The quantitative estimate of drug-likeness (QED) is 0.238. The summed E-state index contributed by atoms with van der Waals surface area (Å²) in [5.41, 5.74) is 2.95. The molecule has 0 amide bonds. The average Bonchev–Trinajstić information content (AvgIpc) is 3.45. The fourth-order valence-corrected chi connectivity index (χ4v) is 6.55. The third-order valence-electron chi connectivity index (χ3n) is 8.03. The molecule has 2 saturated heterocycles. The van der Waals surface area contributed by atoms with Crippen molar-refractivity contribution in [2.45, 2.75) is 30.7 Å². The van der Waals surface area contributed by atoms with Crippen LogP contribution in [0.1, 0.15) is 19.8 Å². The number of para-hydroxylation sites is 1. The molecule has 10 nitrogen and oxygen atoms in total. The van der Waals surface area contributed by atoms with E-state index in [0.29, 0.717) is 36.8 Å². The zero-order valence-corrected chi connectivity index (χ0v) is 24.7. The topological polar surface area (TPSA) is 108 Å². The number of nitrogens with one attached hydrogen (secondary N) is 1. The summed E-state index contributed by atoms with van der Waals surface area (Å²) >= 11 is 0. The van der Waals surface area contributed by atoms with Crippen molar-refractivity contribution in [1.82, 2.24) is 19.9 Å². The monoisotopic (exact) mass is 599 g/mol. The van der Waals surface area contributed by atoms with Gasteiger partial charge < -0.3 is 14.8 Å². The molecule has 11 heteroatoms. The van der Waals surface area contributed by atoms with E-state index >= 15 is 0 Å². The number of pyridine rings is 1. The summed E-state index contributed by atoms with van der Waals surface area (Å²) < 4.78 is 46.1. The van der Waals surface area contributed by atoms with E-state index in [0.717, 1.165) is 48.1 Å². The Bertz CT molecular complexity index is 1870. The fourth-order valence-electron chi connectivity index (χ4n) is 5.56. The van der Waals surface area contributed by atoms with Crippen molar-refractivity contribution in [3.8, 4) is 11.6 Å². The number of hydrogen-bond donors (Lipinski definition) is 1. The van der Waals surface area contributed by atoms with Gasteiger partial charge in [-0.2, -0.15) is 8.42 Å². The van der Waals surface area contributed by atoms with Crippen LogP contribution in [0, 0.1) is 5.41 Å². The molecule has 2 aliphatic heterocycles. The lowest BCUT2D eigenvalue weighted by Crippen LogP contribution is -2.44. The van der Waals surface area contributed by atoms with Gasteiger partial charge >= 0.3 is 10.1 Å². The van der Waals surface area contributed by atoms with Gasteiger partial charge in [-0.1, -0.05) is 37.3 Å². The highest BCUT2D eigenvalue weighted by Gasteiger charge is 2.34. The van der Waals surface area contributed by atoms with Gasteiger partial charge in [-0.3, -0.25) is 4.57 Å². The maximum atomic E-state index is 13.4. The summed E-state index contributed by atoms with van der Waals surface area (Å²) in [5.74, 6) is 1.42. The van der Waals surface area contributed by atoms with Crippen molar-refractivity contribution in [2.24, 2.45) is 5.41 Å². The molecule has 43 heavy (non-hydrogen) atoms. The van der Waals surface area contributed by atoms with E-state index in [1.54, 1.807) is 29.6 Å². The molecule has 5 aromatic rings. The first-order valence-corrected chi connectivity index (χ1v) is 15.9. The summed E-state index contributed by atoms with van der Waals surface area (Å²) in [6.07, 6.45) is 3.19. The first kappa shape index (κ1) is 27.8. The van der Waals surface area contributed by atoms with E-state index in [1.807, 2.05) is 53.1 Å². The molecular formula is C32H33N5O5S. The molecule has 0 radical (unpaired) electrons. The van der Waals surface area contributed by atoms with Crippen molar-refractivity contribution in [3.63, 3.8) is 0 Å². The second-order valence-corrected chi connectivity index (χ2v) is 13.1. The van der Waals surface area contributed by atoms with E-state index in [-0.39, 0.29) is 16.4 Å². The van der Waals surface area contributed by atoms with E-state index in [4.69, 9.17) is 18.7 Å². The Morgan fingerprint density at radius 2 is 1.84 bits per heavy atom. The molecular weight excluding hydrogens is 566 g/mol. The van der Waals surface area contributed by atoms with Crippen molar-refractivity contribution in [3.05, 3.63) is 85.2 Å². The average molecular weight is 600 g/mol. The van der Waals surface area contributed by atoms with E-state index < -0.39 is 10.1 Å². The second kappa shape index (κ2) is 11.2. The van der Waals surface area contributed by atoms with E-state index in [9.17, 15) is 8.42 Å². The minimum atomic E-state index is -4.08. The molecule has 0 unspecified atom stereocenters. The number of rotatable bonds is 9. The molecule has 1 N–H and O–H groups in total. The molecule has 2 aliphatic rings. The van der Waals surface area contributed by atoms with Crippen LogP contribution in [0.15, 0.2) is 90.1 Å². The molecule has 3 aromatic carbocycles. The molecule has 0 atom stereocenters. The van der Waals surface area contributed by atoms with Gasteiger partial charge in [0, 0.05) is 16.9 Å². The standard InChI is InChI=1S/C32H33N5O5S/c1-32(19-40-20-32)21-41-25-11-12-28-27(18-25)34-22-36(28)30-13-10-23-6-5-9-29(31(23)35-30)37(24-14-16-33-17-15-24)42-43(38,39)26-7-3-2-4-8-26/h2-13,18,22,24,33H,14-17,19-21H2,1H3. The minimum Gasteiger partial charge on any atom is -0.493 e. The Kier molecular flexibility index (Phi) is 7.26. The molecule has 0 saturated carbocycles. The lowest BCUT2D eigenvalue weighted by Gasteiger charge is -2.37. The third-order valence-corrected chi connectivity index (χ3v) is 9.23. The van der Waals surface area contributed by atoms with E-state index in [1.165, 1.54) is 12.1 Å². The smallest absolute Gasteiger partial charge is 0.317 e. The zero-order valence-electron chi connectivity index (χ0n) is 23.8. The van der Waals surface area contributed by atoms with Crippen LogP contribution < -0.4 is 15.1 Å². The van der Waals surface area contributed by atoms with Crippen LogP contribution in [-0.4, -0.2) is 61.9 Å². The molecule has 2 aromatic heterocycles. The number of imidazole rings is 1. The minimum absolute atomic E-state index is 0.0488. The van der Waals surface area contributed by atoms with Crippen LogP contribution in [0.5, 0.6) is 5.75 Å². The number of benzene rings is 3. The number of anilines is 1. The fraction of sp³-hybridized carbons (Fsp3) is 0.312. The van der Waals surface area contributed by atoms with Crippen LogP contribution in [0.3, 0.4) is 0 Å². The number of aromatic nitrogens is 3. The highest BCUT2D eigenvalue weighted by atomic mass is 32.2. The normalized spacial score (nSPS) is 17.1. The van der Waals surface area contributed by atoms with Gasteiger partial charge in [0.2, 0.25) is 0 Å². The molecule has 4 heterocycles. The number of hydrogen-bond acceptors (Lipinski definition) is 9. The van der Waals surface area contributed by atoms with Crippen LogP contribution in [-0.2, 0) is 19.1 Å². The lowest BCUT2D eigenvalue weighted by molar-refractivity contribution is -0.120. The summed E-state index contributed by atoms with van der Waals surface area (Å²) in [7, 11) is -4.08. The Morgan fingerprint density at radius 3 is 2.60 bits per heavy atom. The van der Waals surface area contributed by atoms with Crippen LogP contribution in [0.25, 0.3) is 27.8 Å². The van der Waals surface area contributed by atoms with Gasteiger partial charge in [-0.15, -0.1) is 4.28 Å². The van der Waals surface area contributed by atoms with Crippen LogP contribution >= 0.6 is 0 Å². The summed E-state index contributed by atoms with van der Waals surface area (Å²) in [6, 6.07) is 23.6. The van der Waals surface area contributed by atoms with Gasteiger partial charge in [0.05, 0.1) is 53.0 Å². The van der Waals surface area contributed by atoms with Crippen molar-refractivity contribution in [2.75, 3.05) is 38.0 Å². The lowest BCUT2D eigenvalue weighted by atomic mass is 9.90. The number of piperidine rings is 1. The largest absolute Gasteiger partial charge is 0.493 e. The predicted molar refractivity (Wildman–Crippen MR) is 164 cm³/mol. The zero-order chi connectivity index (χ0) is 29.4. The van der Waals surface area contributed by atoms with Crippen LogP contribution in [0.4, 0.5) is 5.69 Å². The van der Waals surface area contributed by atoms with Crippen molar-refractivity contribution < 1.29 is 22.2 Å². The third kappa shape index (κ3) is 5.56. The van der Waals surface area contributed by atoms with Gasteiger partial charge in [0.25, 0.3) is 0 Å². The highest BCUT2D eigenvalue weighted by Crippen LogP contribution is 2.33. The first-order valence-electron chi connectivity index (χ1n) is 14.5. The SMILES string of the molecule is CC1(COc2ccc3c(c2)ncn3-c2ccc3cccc(N(OS(=O)(=O)c4ccccc4)C4CCNCC4)c3n2)COC1. The Balaban J connectivity index is 1.25. The maximum absolute atomic E-state index is 13.4. The summed E-state index contributed by atoms with van der Waals surface area (Å²) in [4.78, 5) is 9.77. The molecule has 2 fully saturated rings. The Labute approximate surface area is 250 Å². The number of hydroxylamine groups is 1. The van der Waals surface area contributed by atoms with Gasteiger partial charge in [-0.25, -0.2) is 15.0 Å². The van der Waals surface area contributed by atoms with Gasteiger partial charge in [0.1, 0.15) is 17.9 Å². The highest BCUT2D eigenvalue weighted by molar-refractivity contribution is 7.86. The number of ether oxygens (including phenoxy) is 2. The molecule has 0 spiro atoms. The second-order valence-electron chi connectivity index (χ2n) is 11.5. The van der Waals surface area contributed by atoms with Crippen molar-refractivity contribution >= 4 is 37.7 Å². The number of fused-ring (bicyclic) bond motifs is 2. The van der Waals surface area contributed by atoms with E-state index in [2.05, 4.69) is 17.2 Å². The Morgan fingerprint density at radius 1 is 1.02 bits per heavy atom. The Hall–Kier alpha value is -4.03. The van der Waals surface area contributed by atoms with Crippen LogP contribution in [0.2, 0.25) is 0 Å². The molecule has 0 aliphatic carbocycles. The predicted octanol–water partition coefficient (Wildman–Crippen LogP) is 4.87. The van der Waals surface area contributed by atoms with Crippen molar-refractivity contribution in [1.29, 1.82) is 0 Å². The number of nitrogens with zero attached hydrogens (tertiary/aromatic N) is 4. The molecule has 0 bridgehead atoms. The van der Waals surface area contributed by atoms with Gasteiger partial charge in [0.15, 0.2) is 0 Å². The molecule has 222 valence electrons. The first-order chi connectivity index (χ1) is 20.9. The summed E-state index contributed by atoms with van der Waals surface area (Å²) in [5, 5.41) is 5.77. The molecule has 7 rings (SSSR count). The van der Waals surface area contributed by atoms with Gasteiger partial charge in [-0.05, 0) is 68.4 Å². The summed E-state index contributed by atoms with van der Waals surface area (Å²) in [6.45, 7) is 5.68. The maximum Gasteiger partial charge on any atom is 0.317 e.